The molecule has 0 aliphatic heterocycles. The number of methoxy groups -OCH3 is 1. The summed E-state index contributed by atoms with van der Waals surface area (Å²) >= 11 is 0. The second-order valence-electron chi connectivity index (χ2n) is 3.44. The van der Waals surface area contributed by atoms with Crippen molar-refractivity contribution in [2.24, 2.45) is 5.73 Å². The van der Waals surface area contributed by atoms with E-state index in [-0.39, 0.29) is 12.2 Å². The predicted octanol–water partition coefficient (Wildman–Crippen LogP) is 0.631. The molecule has 0 atom stereocenters. The van der Waals surface area contributed by atoms with Crippen molar-refractivity contribution in [2.45, 2.75) is 0 Å². The summed E-state index contributed by atoms with van der Waals surface area (Å²) < 4.78 is 9.68. The van der Waals surface area contributed by atoms with E-state index in [0.29, 0.717) is 11.3 Å². The Labute approximate surface area is 110 Å². The predicted molar refractivity (Wildman–Crippen MR) is 66.7 cm³/mol. The zero-order valence-electron chi connectivity index (χ0n) is 10.3. The van der Waals surface area contributed by atoms with Crippen LogP contribution in [0.4, 0.5) is 0 Å². The Hall–Kier alpha value is -2.81. The van der Waals surface area contributed by atoms with Gasteiger partial charge in [0.1, 0.15) is 17.4 Å². The van der Waals surface area contributed by atoms with E-state index >= 15 is 0 Å². The second-order valence-corrected chi connectivity index (χ2v) is 3.44. The summed E-state index contributed by atoms with van der Waals surface area (Å²) in [7, 11) is 1.25. The third kappa shape index (κ3) is 4.16. The number of hydrogen-bond donors (Lipinski definition) is 1. The number of ether oxygens (including phenoxy) is 2. The molecule has 0 spiro atoms. The van der Waals surface area contributed by atoms with Crippen molar-refractivity contribution < 1.29 is 19.1 Å². The van der Waals surface area contributed by atoms with E-state index in [1.807, 2.05) is 0 Å². The van der Waals surface area contributed by atoms with Gasteiger partial charge in [-0.3, -0.25) is 4.79 Å². The van der Waals surface area contributed by atoms with Gasteiger partial charge < -0.3 is 15.2 Å². The van der Waals surface area contributed by atoms with E-state index in [1.54, 1.807) is 30.3 Å². The van der Waals surface area contributed by atoms with Gasteiger partial charge >= 0.3 is 5.97 Å². The van der Waals surface area contributed by atoms with Gasteiger partial charge in [0.15, 0.2) is 6.61 Å². The molecule has 6 heteroatoms. The minimum atomic E-state index is -0.828. The van der Waals surface area contributed by atoms with Crippen molar-refractivity contribution in [2.75, 3.05) is 13.7 Å². The van der Waals surface area contributed by atoms with E-state index in [9.17, 15) is 9.59 Å². The minimum absolute atomic E-state index is 0.200. The molecule has 0 radical (unpaired) electrons. The molecule has 1 rings (SSSR count). The Kier molecular flexibility index (Phi) is 5.11. The summed E-state index contributed by atoms with van der Waals surface area (Å²) in [5.74, 6) is -1.01. The molecule has 0 heterocycles. The molecule has 1 aromatic carbocycles. The number of rotatable bonds is 5. The largest absolute Gasteiger partial charge is 0.481 e. The van der Waals surface area contributed by atoms with Crippen molar-refractivity contribution in [1.82, 2.24) is 0 Å². The lowest BCUT2D eigenvalue weighted by Gasteiger charge is -2.07. The van der Waals surface area contributed by atoms with Gasteiger partial charge in [-0.15, -0.1) is 0 Å². The first-order valence-electron chi connectivity index (χ1n) is 5.28. The number of nitrogens with two attached hydrogens (primary N) is 1. The maximum atomic E-state index is 11.0. The summed E-state index contributed by atoms with van der Waals surface area (Å²) in [6.07, 6.45) is 1.30. The first-order chi connectivity index (χ1) is 9.08. The molecule has 0 aliphatic rings. The second kappa shape index (κ2) is 6.81. The Bertz CT molecular complexity index is 558. The highest BCUT2D eigenvalue weighted by molar-refractivity contribution is 6.00. The molecule has 0 aromatic heterocycles. The zero-order valence-corrected chi connectivity index (χ0v) is 10.3. The van der Waals surface area contributed by atoms with Gasteiger partial charge in [0.2, 0.25) is 0 Å². The molecule has 1 amide bonds. The summed E-state index contributed by atoms with van der Waals surface area (Å²) in [5, 5.41) is 8.77. The molecule has 2 N–H and O–H groups in total. The number of nitrogens with zero attached hydrogens (tertiary/aromatic N) is 1. The highest BCUT2D eigenvalue weighted by Gasteiger charge is 2.08. The Morgan fingerprint density at radius 2 is 2.11 bits per heavy atom. The molecule has 0 fully saturated rings. The minimum Gasteiger partial charge on any atom is -0.481 e. The maximum absolute atomic E-state index is 11.0. The van der Waals surface area contributed by atoms with Crippen molar-refractivity contribution >= 4 is 18.0 Å². The van der Waals surface area contributed by atoms with Crippen molar-refractivity contribution in [1.29, 1.82) is 5.26 Å². The van der Waals surface area contributed by atoms with Gasteiger partial charge in [-0.25, -0.2) is 4.79 Å². The first-order valence-corrected chi connectivity index (χ1v) is 5.28. The normalized spacial score (nSPS) is 10.4. The lowest BCUT2D eigenvalue weighted by atomic mass is 10.1. The van der Waals surface area contributed by atoms with Crippen LogP contribution < -0.4 is 10.5 Å². The summed E-state index contributed by atoms with van der Waals surface area (Å²) in [6, 6.07) is 8.32. The number of carbonyl (C=O) groups is 2. The first kappa shape index (κ1) is 14.3. The number of carbonyl (C=O) groups excluding carboxylic acids is 2. The monoisotopic (exact) mass is 260 g/mol. The Morgan fingerprint density at radius 3 is 2.68 bits per heavy atom. The van der Waals surface area contributed by atoms with Crippen LogP contribution in [0.15, 0.2) is 29.8 Å². The number of esters is 1. The van der Waals surface area contributed by atoms with Crippen LogP contribution >= 0.6 is 0 Å². The Balaban J connectivity index is 2.99. The number of benzene rings is 1. The van der Waals surface area contributed by atoms with E-state index < -0.39 is 11.9 Å². The van der Waals surface area contributed by atoms with Crippen LogP contribution in [-0.2, 0) is 14.3 Å². The fourth-order valence-corrected chi connectivity index (χ4v) is 1.24. The average molecular weight is 260 g/mol. The van der Waals surface area contributed by atoms with Crippen LogP contribution in [0.2, 0.25) is 0 Å². The number of primary amides is 1. The fourth-order valence-electron chi connectivity index (χ4n) is 1.24. The van der Waals surface area contributed by atoms with E-state index in [4.69, 9.17) is 15.7 Å². The standard InChI is InChI=1S/C13H12N2O4/c1-18-12(16)8-19-11-5-3-2-4-9(11)6-10(7-14)13(15)17/h2-6H,8H2,1H3,(H2,15,17)/b10-6+. The molecule has 19 heavy (non-hydrogen) atoms. The smallest absolute Gasteiger partial charge is 0.343 e. The van der Waals surface area contributed by atoms with Gasteiger partial charge in [0, 0.05) is 5.56 Å². The lowest BCUT2D eigenvalue weighted by molar-refractivity contribution is -0.142. The molecule has 0 saturated heterocycles. The number of nitriles is 1. The number of amides is 1. The SMILES string of the molecule is COC(=O)COc1ccccc1/C=C(\C#N)C(N)=O. The highest BCUT2D eigenvalue weighted by atomic mass is 16.6. The molecule has 98 valence electrons. The van der Waals surface area contributed by atoms with Crippen LogP contribution in [-0.4, -0.2) is 25.6 Å². The quantitative estimate of drug-likeness (QED) is 0.475. The highest BCUT2D eigenvalue weighted by Crippen LogP contribution is 2.20. The van der Waals surface area contributed by atoms with Gasteiger partial charge in [0.05, 0.1) is 7.11 Å². The van der Waals surface area contributed by atoms with Crippen LogP contribution in [0.1, 0.15) is 5.56 Å². The van der Waals surface area contributed by atoms with Gasteiger partial charge in [-0.1, -0.05) is 18.2 Å². The molecule has 0 bridgehead atoms. The van der Waals surface area contributed by atoms with Crippen LogP contribution in [0.5, 0.6) is 5.75 Å². The molecular formula is C13H12N2O4. The average Bonchev–Trinajstić information content (AvgIpc) is 2.42. The van der Waals surface area contributed by atoms with Gasteiger partial charge in [0.25, 0.3) is 5.91 Å². The third-order valence-corrected chi connectivity index (χ3v) is 2.18. The van der Waals surface area contributed by atoms with Crippen molar-refractivity contribution in [3.8, 4) is 11.8 Å². The molecular weight excluding hydrogens is 248 g/mol. The van der Waals surface area contributed by atoms with E-state index in [1.165, 1.54) is 13.2 Å². The van der Waals surface area contributed by atoms with E-state index in [2.05, 4.69) is 4.74 Å². The van der Waals surface area contributed by atoms with Gasteiger partial charge in [-0.05, 0) is 12.1 Å². The van der Waals surface area contributed by atoms with Gasteiger partial charge in [-0.2, -0.15) is 5.26 Å². The van der Waals surface area contributed by atoms with Crippen LogP contribution in [0, 0.1) is 11.3 Å². The number of hydrogen-bond acceptors (Lipinski definition) is 5. The fraction of sp³-hybridized carbons (Fsp3) is 0.154. The molecule has 0 aliphatic carbocycles. The molecule has 0 unspecified atom stereocenters. The van der Waals surface area contributed by atoms with Crippen LogP contribution in [0.3, 0.4) is 0 Å². The molecule has 1 aromatic rings. The van der Waals surface area contributed by atoms with Crippen molar-refractivity contribution in [3.05, 3.63) is 35.4 Å². The summed E-state index contributed by atoms with van der Waals surface area (Å²) in [5.41, 5.74) is 5.32. The summed E-state index contributed by atoms with van der Waals surface area (Å²) in [4.78, 5) is 22.0. The van der Waals surface area contributed by atoms with Crippen LogP contribution in [0.25, 0.3) is 6.08 Å². The van der Waals surface area contributed by atoms with Crippen molar-refractivity contribution in [3.63, 3.8) is 0 Å². The molecule has 0 saturated carbocycles. The third-order valence-electron chi connectivity index (χ3n) is 2.18. The molecule has 6 nitrogen and oxygen atoms in total. The Morgan fingerprint density at radius 1 is 1.42 bits per heavy atom. The maximum Gasteiger partial charge on any atom is 0.343 e. The zero-order chi connectivity index (χ0) is 14.3. The lowest BCUT2D eigenvalue weighted by Crippen LogP contribution is -2.14. The summed E-state index contributed by atoms with van der Waals surface area (Å²) in [6.45, 7) is -0.264. The topological polar surface area (TPSA) is 102 Å². The number of para-hydroxylation sites is 1. The van der Waals surface area contributed by atoms with E-state index in [0.717, 1.165) is 0 Å².